The van der Waals surface area contributed by atoms with Crippen LogP contribution in [0.15, 0.2) is 54.7 Å². The maximum Gasteiger partial charge on any atom is 0.326 e. The molecule has 1 aromatic heterocycles. The minimum atomic E-state index is -0.107. The summed E-state index contributed by atoms with van der Waals surface area (Å²) in [6.07, 6.45) is 5.74. The fourth-order valence-corrected chi connectivity index (χ4v) is 4.89. The van der Waals surface area contributed by atoms with Gasteiger partial charge in [0.2, 0.25) is 0 Å². The van der Waals surface area contributed by atoms with Crippen LogP contribution in [0.2, 0.25) is 0 Å². The number of benzene rings is 2. The zero-order chi connectivity index (χ0) is 22.7. The van der Waals surface area contributed by atoms with E-state index in [0.29, 0.717) is 12.0 Å². The van der Waals surface area contributed by atoms with Gasteiger partial charge >= 0.3 is 6.03 Å². The Morgan fingerprint density at radius 3 is 2.50 bits per heavy atom. The van der Waals surface area contributed by atoms with E-state index in [-0.39, 0.29) is 12.1 Å². The Bertz CT molecular complexity index is 1030. The predicted octanol–water partition coefficient (Wildman–Crippen LogP) is 6.59. The van der Waals surface area contributed by atoms with Gasteiger partial charge in [-0.1, -0.05) is 25.1 Å². The molecule has 0 radical (unpaired) electrons. The largest absolute Gasteiger partial charge is 0.361 e. The molecule has 2 aromatic carbocycles. The molecule has 32 heavy (non-hydrogen) atoms. The molecule has 5 heteroatoms. The minimum absolute atomic E-state index is 0.0552. The van der Waals surface area contributed by atoms with Crippen LogP contribution in [0.1, 0.15) is 58.4 Å². The number of H-pyrrole nitrogens is 1. The number of hydrogen-bond donors (Lipinski definition) is 2. The molecule has 1 atom stereocenters. The molecule has 0 bridgehead atoms. The van der Waals surface area contributed by atoms with E-state index in [0.717, 1.165) is 30.0 Å². The number of anilines is 2. The van der Waals surface area contributed by atoms with Crippen molar-refractivity contribution in [2.45, 2.75) is 65.0 Å². The SMILES string of the molecule is CCC(C)N1CCC(c2c[nH]c3ccc(NC(=O)N(c4ccccc4)C(C)C)cc23)CC1. The van der Waals surface area contributed by atoms with Crippen molar-refractivity contribution in [2.75, 3.05) is 23.3 Å². The number of hydrogen-bond acceptors (Lipinski definition) is 2. The smallest absolute Gasteiger partial charge is 0.326 e. The normalized spacial score (nSPS) is 16.4. The second kappa shape index (κ2) is 9.78. The molecular formula is C27H36N4O. The van der Waals surface area contributed by atoms with E-state index in [1.165, 1.54) is 30.2 Å². The molecule has 1 aliphatic heterocycles. The zero-order valence-corrected chi connectivity index (χ0v) is 19.8. The van der Waals surface area contributed by atoms with Crippen molar-refractivity contribution in [2.24, 2.45) is 0 Å². The lowest BCUT2D eigenvalue weighted by Crippen LogP contribution is -2.40. The molecule has 0 spiro atoms. The van der Waals surface area contributed by atoms with Gasteiger partial charge in [-0.25, -0.2) is 4.79 Å². The summed E-state index contributed by atoms with van der Waals surface area (Å²) in [7, 11) is 0. The Kier molecular flexibility index (Phi) is 6.85. The van der Waals surface area contributed by atoms with E-state index < -0.39 is 0 Å². The van der Waals surface area contributed by atoms with E-state index in [4.69, 9.17) is 0 Å². The number of aromatic amines is 1. The van der Waals surface area contributed by atoms with E-state index in [1.54, 1.807) is 4.90 Å². The van der Waals surface area contributed by atoms with Crippen molar-refractivity contribution in [1.29, 1.82) is 0 Å². The number of rotatable bonds is 6. The predicted molar refractivity (Wildman–Crippen MR) is 135 cm³/mol. The van der Waals surface area contributed by atoms with Gasteiger partial charge in [0.05, 0.1) is 0 Å². The maximum atomic E-state index is 13.1. The van der Waals surface area contributed by atoms with Crippen molar-refractivity contribution in [3.63, 3.8) is 0 Å². The number of fused-ring (bicyclic) bond motifs is 1. The van der Waals surface area contributed by atoms with Crippen molar-refractivity contribution < 1.29 is 4.79 Å². The average molecular weight is 433 g/mol. The van der Waals surface area contributed by atoms with E-state index >= 15 is 0 Å². The van der Waals surface area contributed by atoms with Gasteiger partial charge in [0, 0.05) is 40.6 Å². The molecule has 4 rings (SSSR count). The molecule has 1 unspecified atom stereocenters. The molecule has 2 N–H and O–H groups in total. The van der Waals surface area contributed by atoms with Gasteiger partial charge in [-0.3, -0.25) is 4.90 Å². The van der Waals surface area contributed by atoms with E-state index in [2.05, 4.69) is 47.4 Å². The highest BCUT2D eigenvalue weighted by molar-refractivity contribution is 6.03. The van der Waals surface area contributed by atoms with Gasteiger partial charge in [-0.15, -0.1) is 0 Å². The van der Waals surface area contributed by atoms with Gasteiger partial charge in [-0.2, -0.15) is 0 Å². The summed E-state index contributed by atoms with van der Waals surface area (Å²) in [6, 6.07) is 16.6. The Morgan fingerprint density at radius 2 is 1.84 bits per heavy atom. The maximum absolute atomic E-state index is 13.1. The quantitative estimate of drug-likeness (QED) is 0.461. The Morgan fingerprint density at radius 1 is 1.12 bits per heavy atom. The summed E-state index contributed by atoms with van der Waals surface area (Å²) in [5, 5.41) is 4.35. The second-order valence-electron chi connectivity index (χ2n) is 9.30. The summed E-state index contributed by atoms with van der Waals surface area (Å²) >= 11 is 0. The van der Waals surface area contributed by atoms with Gasteiger partial charge < -0.3 is 15.2 Å². The van der Waals surface area contributed by atoms with E-state index in [1.807, 2.05) is 50.2 Å². The molecule has 2 heterocycles. The molecule has 0 saturated carbocycles. The summed E-state index contributed by atoms with van der Waals surface area (Å²) in [5.74, 6) is 0.562. The molecule has 2 amide bonds. The first-order valence-corrected chi connectivity index (χ1v) is 12.0. The minimum Gasteiger partial charge on any atom is -0.361 e. The fraction of sp³-hybridized carbons (Fsp3) is 0.444. The Hall–Kier alpha value is -2.79. The topological polar surface area (TPSA) is 51.4 Å². The van der Waals surface area contributed by atoms with Crippen LogP contribution in [0.4, 0.5) is 16.2 Å². The van der Waals surface area contributed by atoms with Crippen LogP contribution in [0.25, 0.3) is 10.9 Å². The van der Waals surface area contributed by atoms with Crippen molar-refractivity contribution in [3.8, 4) is 0 Å². The van der Waals surface area contributed by atoms with Crippen molar-refractivity contribution >= 4 is 28.3 Å². The lowest BCUT2D eigenvalue weighted by molar-refractivity contribution is 0.158. The number of urea groups is 1. The van der Waals surface area contributed by atoms with Gasteiger partial charge in [0.15, 0.2) is 0 Å². The van der Waals surface area contributed by atoms with Crippen molar-refractivity contribution in [1.82, 2.24) is 9.88 Å². The highest BCUT2D eigenvalue weighted by Gasteiger charge is 2.25. The molecule has 170 valence electrons. The third kappa shape index (κ3) is 4.68. The first-order valence-electron chi connectivity index (χ1n) is 12.0. The number of para-hydroxylation sites is 1. The number of likely N-dealkylation sites (tertiary alicyclic amines) is 1. The number of carbonyl (C=O) groups excluding carboxylic acids is 1. The van der Waals surface area contributed by atoms with Crippen LogP contribution in [0.5, 0.6) is 0 Å². The average Bonchev–Trinajstić information content (AvgIpc) is 3.22. The summed E-state index contributed by atoms with van der Waals surface area (Å²) in [4.78, 5) is 21.0. The first-order chi connectivity index (χ1) is 15.5. The third-order valence-electron chi connectivity index (χ3n) is 6.92. The number of nitrogens with one attached hydrogen (secondary N) is 2. The number of aromatic nitrogens is 1. The number of piperidine rings is 1. The van der Waals surface area contributed by atoms with Crippen LogP contribution in [0.3, 0.4) is 0 Å². The van der Waals surface area contributed by atoms with Crippen LogP contribution in [-0.2, 0) is 0 Å². The molecule has 1 fully saturated rings. The van der Waals surface area contributed by atoms with Crippen molar-refractivity contribution in [3.05, 3.63) is 60.3 Å². The van der Waals surface area contributed by atoms with Gasteiger partial charge in [-0.05, 0) is 94.9 Å². The summed E-state index contributed by atoms with van der Waals surface area (Å²) < 4.78 is 0. The van der Waals surface area contributed by atoms with Crippen LogP contribution < -0.4 is 10.2 Å². The Balaban J connectivity index is 1.52. The second-order valence-corrected chi connectivity index (χ2v) is 9.30. The standard InChI is InChI=1S/C27H36N4O/c1-5-20(4)30-15-13-21(14-16-30)25-18-28-26-12-11-22(17-24(25)26)29-27(32)31(19(2)3)23-9-7-6-8-10-23/h6-12,17-21,28H,5,13-16H2,1-4H3,(H,29,32). The number of nitrogens with zero attached hydrogens (tertiary/aromatic N) is 2. The molecule has 1 aliphatic rings. The highest BCUT2D eigenvalue weighted by Crippen LogP contribution is 2.35. The highest BCUT2D eigenvalue weighted by atomic mass is 16.2. The third-order valence-corrected chi connectivity index (χ3v) is 6.92. The zero-order valence-electron chi connectivity index (χ0n) is 19.8. The van der Waals surface area contributed by atoms with Gasteiger partial charge in [0.1, 0.15) is 0 Å². The lowest BCUT2D eigenvalue weighted by Gasteiger charge is -2.35. The summed E-state index contributed by atoms with van der Waals surface area (Å²) in [5.41, 5.74) is 4.24. The van der Waals surface area contributed by atoms with Crippen LogP contribution in [-0.4, -0.2) is 41.1 Å². The molecule has 0 aliphatic carbocycles. The van der Waals surface area contributed by atoms with E-state index in [9.17, 15) is 4.79 Å². The molecule has 5 nitrogen and oxygen atoms in total. The lowest BCUT2D eigenvalue weighted by atomic mass is 9.88. The summed E-state index contributed by atoms with van der Waals surface area (Å²) in [6.45, 7) is 11.0. The fourth-order valence-electron chi connectivity index (χ4n) is 4.89. The Labute approximate surface area is 191 Å². The molecular weight excluding hydrogens is 396 g/mol. The first kappa shape index (κ1) is 22.4. The van der Waals surface area contributed by atoms with Crippen LogP contribution in [0, 0.1) is 0 Å². The molecule has 3 aromatic rings. The van der Waals surface area contributed by atoms with Gasteiger partial charge in [0.25, 0.3) is 0 Å². The number of amides is 2. The molecule has 1 saturated heterocycles. The monoisotopic (exact) mass is 432 g/mol. The van der Waals surface area contributed by atoms with Crippen LogP contribution >= 0.6 is 0 Å². The number of carbonyl (C=O) groups is 1.